The Hall–Kier alpha value is -0.160. The summed E-state index contributed by atoms with van der Waals surface area (Å²) >= 11 is 0. The van der Waals surface area contributed by atoms with Gasteiger partial charge in [-0.05, 0) is 25.9 Å². The van der Waals surface area contributed by atoms with Gasteiger partial charge in [-0.25, -0.2) is 0 Å². The number of aliphatic hydroxyl groups is 2. The molecule has 0 saturated carbocycles. The third kappa shape index (κ3) is 5.97. The monoisotopic (exact) mass is 148 g/mol. The van der Waals surface area contributed by atoms with Crippen LogP contribution in [0, 0.1) is 5.21 Å². The molecule has 0 aliphatic rings. The topological polar surface area (TPSA) is 66.8 Å². The Balaban J connectivity index is 3.00. The first kappa shape index (κ1) is 9.84. The van der Waals surface area contributed by atoms with Crippen LogP contribution in [0.3, 0.4) is 0 Å². The Morgan fingerprint density at radius 1 is 1.00 bits per heavy atom. The van der Waals surface area contributed by atoms with Crippen molar-refractivity contribution in [3.8, 4) is 0 Å². The van der Waals surface area contributed by atoms with Gasteiger partial charge in [0.2, 0.25) is 0 Å². The molecule has 0 spiro atoms. The van der Waals surface area contributed by atoms with Crippen LogP contribution in [0.15, 0.2) is 0 Å². The van der Waals surface area contributed by atoms with Gasteiger partial charge in [0, 0.05) is 13.2 Å². The molecule has 0 unspecified atom stereocenters. The summed E-state index contributed by atoms with van der Waals surface area (Å²) < 4.78 is 0. The smallest absolute Gasteiger partial charge is 0.0442 e. The predicted octanol–water partition coefficient (Wildman–Crippen LogP) is -0.449. The quantitative estimate of drug-likeness (QED) is 0.501. The van der Waals surface area contributed by atoms with Crippen LogP contribution in [-0.4, -0.2) is 41.6 Å². The van der Waals surface area contributed by atoms with Gasteiger partial charge in [0.1, 0.15) is 0 Å². The lowest BCUT2D eigenvalue weighted by atomic mass is 10.4. The Morgan fingerprint density at radius 2 is 1.40 bits per heavy atom. The maximum atomic E-state index is 10.7. The molecular weight excluding hydrogens is 134 g/mol. The van der Waals surface area contributed by atoms with E-state index in [9.17, 15) is 5.21 Å². The number of hydrogen-bond donors (Lipinski definition) is 2. The maximum absolute atomic E-state index is 10.7. The molecule has 0 aromatic carbocycles. The zero-order valence-electron chi connectivity index (χ0n) is 5.99. The first-order valence-corrected chi connectivity index (χ1v) is 3.45. The highest BCUT2D eigenvalue weighted by molar-refractivity contribution is 4.55. The van der Waals surface area contributed by atoms with Gasteiger partial charge < -0.3 is 20.5 Å². The fourth-order valence-corrected chi connectivity index (χ4v) is 0.606. The van der Waals surface area contributed by atoms with Crippen LogP contribution < -0.4 is 0 Å². The average Bonchev–Trinajstić information content (AvgIpc) is 1.97. The molecule has 0 fully saturated rings. The Bertz CT molecular complexity index is 62.0. The normalized spacial score (nSPS) is 10.8. The summed E-state index contributed by atoms with van der Waals surface area (Å²) in [5.41, 5.74) is 0. The molecule has 10 heavy (non-hydrogen) atoms. The summed E-state index contributed by atoms with van der Waals surface area (Å²) in [7, 11) is 0. The molecule has 0 aromatic rings. The zero-order valence-corrected chi connectivity index (χ0v) is 5.99. The molecule has 62 valence electrons. The lowest BCUT2D eigenvalue weighted by molar-refractivity contribution is 0.237. The van der Waals surface area contributed by atoms with E-state index < -0.39 is 0 Å². The minimum absolute atomic E-state index is 0.0534. The molecule has 4 nitrogen and oxygen atoms in total. The summed E-state index contributed by atoms with van der Waals surface area (Å²) in [4.78, 5) is 0. The fraction of sp³-hybridized carbons (Fsp3) is 1.00. The van der Waals surface area contributed by atoms with Gasteiger partial charge in [-0.2, -0.15) is 0 Å². The summed E-state index contributed by atoms with van der Waals surface area (Å²) in [5, 5.41) is 28.2. The maximum Gasteiger partial charge on any atom is 0.0442 e. The van der Waals surface area contributed by atoms with Gasteiger partial charge in [-0.3, -0.25) is 0 Å². The summed E-state index contributed by atoms with van der Waals surface area (Å²) in [6.07, 6.45) is 1.02. The highest BCUT2D eigenvalue weighted by Crippen LogP contribution is 1.89. The molecule has 0 heterocycles. The number of hydroxylamine groups is 2. The predicted molar refractivity (Wildman–Crippen MR) is 38.3 cm³/mol. The van der Waals surface area contributed by atoms with Crippen molar-refractivity contribution in [2.75, 3.05) is 26.3 Å². The van der Waals surface area contributed by atoms with Crippen molar-refractivity contribution in [2.24, 2.45) is 0 Å². The van der Waals surface area contributed by atoms with Crippen molar-refractivity contribution in [3.63, 3.8) is 0 Å². The van der Waals surface area contributed by atoms with E-state index in [1.807, 2.05) is 0 Å². The van der Waals surface area contributed by atoms with E-state index in [-0.39, 0.29) is 13.2 Å². The molecule has 0 radical (unpaired) electrons. The SMILES string of the molecule is [O-]N(CCCO)CCCO. The molecule has 4 heteroatoms. The molecule has 0 aliphatic heterocycles. The molecule has 0 rings (SSSR count). The average molecular weight is 148 g/mol. The van der Waals surface area contributed by atoms with Gasteiger partial charge in [0.15, 0.2) is 0 Å². The molecule has 0 aliphatic carbocycles. The minimum Gasteiger partial charge on any atom is -0.785 e. The van der Waals surface area contributed by atoms with Crippen LogP contribution in [0.2, 0.25) is 0 Å². The number of nitrogens with zero attached hydrogens (tertiary/aromatic N) is 1. The first-order valence-electron chi connectivity index (χ1n) is 3.45. The van der Waals surface area contributed by atoms with E-state index in [1.54, 1.807) is 0 Å². The Labute approximate surface area is 60.7 Å². The van der Waals surface area contributed by atoms with Crippen molar-refractivity contribution >= 4 is 0 Å². The third-order valence-corrected chi connectivity index (χ3v) is 1.13. The lowest BCUT2D eigenvalue weighted by Gasteiger charge is -2.26. The summed E-state index contributed by atoms with van der Waals surface area (Å²) in [6, 6.07) is 0. The molecule has 0 atom stereocenters. The van der Waals surface area contributed by atoms with Crippen molar-refractivity contribution in [1.82, 2.24) is 5.06 Å². The molecule has 0 saturated heterocycles. The summed E-state index contributed by atoms with van der Waals surface area (Å²) in [6.45, 7) is 0.822. The molecule has 2 N–H and O–H groups in total. The highest BCUT2D eigenvalue weighted by Gasteiger charge is 1.89. The van der Waals surface area contributed by atoms with Crippen molar-refractivity contribution in [3.05, 3.63) is 5.21 Å². The zero-order chi connectivity index (χ0) is 7.82. The molecule has 0 amide bonds. The Kier molecular flexibility index (Phi) is 6.84. The van der Waals surface area contributed by atoms with E-state index in [0.717, 1.165) is 5.06 Å². The lowest BCUT2D eigenvalue weighted by Crippen LogP contribution is -2.20. The van der Waals surface area contributed by atoms with Gasteiger partial charge in [0.05, 0.1) is 0 Å². The van der Waals surface area contributed by atoms with E-state index in [0.29, 0.717) is 25.9 Å². The van der Waals surface area contributed by atoms with Crippen LogP contribution in [0.1, 0.15) is 12.8 Å². The highest BCUT2D eigenvalue weighted by atomic mass is 16.5. The molecule has 0 aromatic heterocycles. The van der Waals surface area contributed by atoms with Crippen LogP contribution in [0.4, 0.5) is 0 Å². The number of aliphatic hydroxyl groups excluding tert-OH is 2. The summed E-state index contributed by atoms with van der Waals surface area (Å²) in [5.74, 6) is 0. The standard InChI is InChI=1S/C6H14NO3/c8-5-1-3-7(10)4-2-6-9/h8-9H,1-6H2/q-1. The van der Waals surface area contributed by atoms with E-state index >= 15 is 0 Å². The van der Waals surface area contributed by atoms with Crippen LogP contribution in [0.25, 0.3) is 0 Å². The van der Waals surface area contributed by atoms with Gasteiger partial charge in [0.25, 0.3) is 0 Å². The second-order valence-corrected chi connectivity index (χ2v) is 2.08. The van der Waals surface area contributed by atoms with Crippen LogP contribution >= 0.6 is 0 Å². The largest absolute Gasteiger partial charge is 0.785 e. The van der Waals surface area contributed by atoms with Crippen LogP contribution in [-0.2, 0) is 0 Å². The second-order valence-electron chi connectivity index (χ2n) is 2.08. The van der Waals surface area contributed by atoms with Gasteiger partial charge in [-0.15, -0.1) is 0 Å². The Morgan fingerprint density at radius 3 is 1.70 bits per heavy atom. The van der Waals surface area contributed by atoms with Crippen molar-refractivity contribution in [2.45, 2.75) is 12.8 Å². The third-order valence-electron chi connectivity index (χ3n) is 1.13. The van der Waals surface area contributed by atoms with E-state index in [2.05, 4.69) is 0 Å². The first-order chi connectivity index (χ1) is 4.81. The molecular formula is C6H14NO3-. The van der Waals surface area contributed by atoms with Crippen molar-refractivity contribution < 1.29 is 10.2 Å². The fourth-order valence-electron chi connectivity index (χ4n) is 0.606. The molecule has 0 bridgehead atoms. The van der Waals surface area contributed by atoms with Gasteiger partial charge >= 0.3 is 0 Å². The number of rotatable bonds is 6. The second kappa shape index (κ2) is 6.95. The van der Waals surface area contributed by atoms with E-state index in [4.69, 9.17) is 10.2 Å². The van der Waals surface area contributed by atoms with E-state index in [1.165, 1.54) is 0 Å². The van der Waals surface area contributed by atoms with Crippen molar-refractivity contribution in [1.29, 1.82) is 0 Å². The number of hydrogen-bond acceptors (Lipinski definition) is 4. The van der Waals surface area contributed by atoms with Crippen LogP contribution in [0.5, 0.6) is 0 Å². The van der Waals surface area contributed by atoms with Gasteiger partial charge in [-0.1, -0.05) is 0 Å². The minimum atomic E-state index is 0.0534.